The van der Waals surface area contributed by atoms with Crippen LogP contribution in [-0.4, -0.2) is 57.7 Å². The molecule has 1 aliphatic heterocycles. The minimum Gasteiger partial charge on any atom is -0.335 e. The Bertz CT molecular complexity index is 739. The van der Waals surface area contributed by atoms with Crippen molar-refractivity contribution in [3.63, 3.8) is 0 Å². The van der Waals surface area contributed by atoms with Gasteiger partial charge in [-0.05, 0) is 31.4 Å². The summed E-state index contributed by atoms with van der Waals surface area (Å²) in [6, 6.07) is 4.01. The van der Waals surface area contributed by atoms with Crippen LogP contribution in [0.2, 0.25) is 0 Å². The summed E-state index contributed by atoms with van der Waals surface area (Å²) in [6.07, 6.45) is 0. The lowest BCUT2D eigenvalue weighted by atomic mass is 10.1. The van der Waals surface area contributed by atoms with Crippen molar-refractivity contribution in [3.8, 4) is 0 Å². The smallest absolute Gasteiger partial charge is 0.270 e. The lowest BCUT2D eigenvalue weighted by molar-refractivity contribution is -0.132. The van der Waals surface area contributed by atoms with Gasteiger partial charge in [-0.15, -0.1) is 22.9 Å². The molecule has 7 heteroatoms. The number of carbonyl (C=O) groups is 2. The number of amides is 2. The first-order valence-electron chi connectivity index (χ1n) is 7.78. The number of aromatic nitrogens is 1. The molecule has 2 aromatic rings. The molecule has 1 atom stereocenters. The molecular formula is C16H20ClN3O2S. The molecule has 0 aliphatic carbocycles. The van der Waals surface area contributed by atoms with Gasteiger partial charge in [-0.3, -0.25) is 9.59 Å². The van der Waals surface area contributed by atoms with Gasteiger partial charge in [0.1, 0.15) is 16.4 Å². The molecule has 1 fully saturated rings. The monoisotopic (exact) mass is 353 g/mol. The highest BCUT2D eigenvalue weighted by Gasteiger charge is 2.31. The predicted molar refractivity (Wildman–Crippen MR) is 93.3 cm³/mol. The highest BCUT2D eigenvalue weighted by atomic mass is 35.5. The normalized spacial score (nSPS) is 18.7. The molecule has 23 heavy (non-hydrogen) atoms. The second kappa shape index (κ2) is 6.53. The first kappa shape index (κ1) is 16.3. The van der Waals surface area contributed by atoms with Crippen LogP contribution in [0.1, 0.15) is 24.3 Å². The Morgan fingerprint density at radius 1 is 1.39 bits per heavy atom. The van der Waals surface area contributed by atoms with Crippen molar-refractivity contribution >= 4 is 45.0 Å². The summed E-state index contributed by atoms with van der Waals surface area (Å²) in [5, 5.41) is 3.16. The molecule has 0 bridgehead atoms. The van der Waals surface area contributed by atoms with Crippen molar-refractivity contribution in [2.75, 3.05) is 25.5 Å². The third-order valence-corrected chi connectivity index (χ3v) is 5.57. The largest absolute Gasteiger partial charge is 0.335 e. The number of carbonyl (C=O) groups excluding carboxylic acids is 2. The van der Waals surface area contributed by atoms with Gasteiger partial charge in [0.15, 0.2) is 0 Å². The standard InChI is InChI=1S/C16H20ClN3O2S/c1-3-19-13(8-12-4-7-23-16(12)19)15(22)18-5-6-20(11(2)10-18)14(21)9-17/h4,7-8,11H,3,5-6,9-10H2,1-2H3/t11-/m1/s1. The average molecular weight is 354 g/mol. The van der Waals surface area contributed by atoms with E-state index in [-0.39, 0.29) is 23.7 Å². The number of halogens is 1. The van der Waals surface area contributed by atoms with E-state index >= 15 is 0 Å². The van der Waals surface area contributed by atoms with Crippen molar-refractivity contribution < 1.29 is 9.59 Å². The van der Waals surface area contributed by atoms with Crippen molar-refractivity contribution in [2.45, 2.75) is 26.4 Å². The maximum Gasteiger partial charge on any atom is 0.270 e. The van der Waals surface area contributed by atoms with Crippen LogP contribution in [0.3, 0.4) is 0 Å². The summed E-state index contributed by atoms with van der Waals surface area (Å²) < 4.78 is 2.07. The predicted octanol–water partition coefficient (Wildman–Crippen LogP) is 2.63. The van der Waals surface area contributed by atoms with E-state index in [0.717, 1.165) is 22.5 Å². The van der Waals surface area contributed by atoms with Gasteiger partial charge in [0, 0.05) is 37.6 Å². The van der Waals surface area contributed by atoms with E-state index in [1.165, 1.54) is 0 Å². The Balaban J connectivity index is 1.80. The maximum atomic E-state index is 12.9. The van der Waals surface area contributed by atoms with E-state index in [2.05, 4.69) is 11.5 Å². The molecule has 0 radical (unpaired) electrons. The van der Waals surface area contributed by atoms with Gasteiger partial charge in [-0.2, -0.15) is 0 Å². The van der Waals surface area contributed by atoms with Crippen LogP contribution >= 0.6 is 22.9 Å². The van der Waals surface area contributed by atoms with Crippen LogP contribution in [0.4, 0.5) is 0 Å². The molecule has 5 nitrogen and oxygen atoms in total. The van der Waals surface area contributed by atoms with Gasteiger partial charge < -0.3 is 14.4 Å². The van der Waals surface area contributed by atoms with E-state index in [1.54, 1.807) is 16.2 Å². The number of hydrogen-bond donors (Lipinski definition) is 0. The molecule has 0 N–H and O–H groups in total. The van der Waals surface area contributed by atoms with E-state index in [9.17, 15) is 9.59 Å². The molecular weight excluding hydrogens is 334 g/mol. The number of nitrogens with zero attached hydrogens (tertiary/aromatic N) is 3. The Morgan fingerprint density at radius 3 is 2.83 bits per heavy atom. The van der Waals surface area contributed by atoms with E-state index in [4.69, 9.17) is 11.6 Å². The first-order valence-corrected chi connectivity index (χ1v) is 9.19. The van der Waals surface area contributed by atoms with Crippen molar-refractivity contribution in [1.29, 1.82) is 0 Å². The molecule has 0 aromatic carbocycles. The topological polar surface area (TPSA) is 45.6 Å². The van der Waals surface area contributed by atoms with Crippen LogP contribution in [0.5, 0.6) is 0 Å². The van der Waals surface area contributed by atoms with E-state index in [1.807, 2.05) is 29.3 Å². The van der Waals surface area contributed by atoms with Gasteiger partial charge >= 0.3 is 0 Å². The number of rotatable bonds is 3. The number of piperazine rings is 1. The highest BCUT2D eigenvalue weighted by Crippen LogP contribution is 2.26. The fourth-order valence-electron chi connectivity index (χ4n) is 3.22. The van der Waals surface area contributed by atoms with Crippen LogP contribution in [0, 0.1) is 0 Å². The van der Waals surface area contributed by atoms with Crippen LogP contribution in [0.25, 0.3) is 10.2 Å². The Labute approximate surface area is 144 Å². The molecule has 0 spiro atoms. The number of aryl methyl sites for hydroxylation is 1. The molecule has 1 aliphatic rings. The minimum absolute atomic E-state index is 0.00670. The number of hydrogen-bond acceptors (Lipinski definition) is 3. The van der Waals surface area contributed by atoms with Crippen LogP contribution in [0.15, 0.2) is 17.5 Å². The number of alkyl halides is 1. The third-order valence-electron chi connectivity index (χ3n) is 4.39. The van der Waals surface area contributed by atoms with Crippen molar-refractivity contribution in [3.05, 3.63) is 23.2 Å². The van der Waals surface area contributed by atoms with Crippen molar-refractivity contribution in [1.82, 2.24) is 14.4 Å². The molecule has 0 saturated carbocycles. The fraction of sp³-hybridized carbons (Fsp3) is 0.500. The molecule has 2 aromatic heterocycles. The van der Waals surface area contributed by atoms with Crippen LogP contribution in [-0.2, 0) is 11.3 Å². The molecule has 0 unspecified atom stereocenters. The fourth-order valence-corrected chi connectivity index (χ4v) is 4.33. The molecule has 3 rings (SSSR count). The second-order valence-electron chi connectivity index (χ2n) is 5.78. The molecule has 124 valence electrons. The number of fused-ring (bicyclic) bond motifs is 1. The van der Waals surface area contributed by atoms with Gasteiger partial charge in [-0.25, -0.2) is 0 Å². The zero-order valence-corrected chi connectivity index (χ0v) is 14.9. The van der Waals surface area contributed by atoms with E-state index < -0.39 is 0 Å². The average Bonchev–Trinajstić information content (AvgIpc) is 3.13. The molecule has 2 amide bonds. The summed E-state index contributed by atoms with van der Waals surface area (Å²) in [7, 11) is 0. The summed E-state index contributed by atoms with van der Waals surface area (Å²) in [6.45, 7) is 6.42. The van der Waals surface area contributed by atoms with E-state index in [0.29, 0.717) is 19.6 Å². The highest BCUT2D eigenvalue weighted by molar-refractivity contribution is 7.16. The summed E-state index contributed by atoms with van der Waals surface area (Å²) >= 11 is 7.30. The quantitative estimate of drug-likeness (QED) is 0.796. The minimum atomic E-state index is -0.0660. The first-order chi connectivity index (χ1) is 11.1. The van der Waals surface area contributed by atoms with Crippen molar-refractivity contribution in [2.24, 2.45) is 0 Å². The second-order valence-corrected chi connectivity index (χ2v) is 6.94. The summed E-state index contributed by atoms with van der Waals surface area (Å²) in [5.74, 6) is -0.0310. The zero-order valence-electron chi connectivity index (χ0n) is 13.3. The van der Waals surface area contributed by atoms with Gasteiger partial charge in [-0.1, -0.05) is 0 Å². The summed E-state index contributed by atoms with van der Waals surface area (Å²) in [5.41, 5.74) is 0.735. The molecule has 3 heterocycles. The maximum absolute atomic E-state index is 12.9. The lowest BCUT2D eigenvalue weighted by Crippen LogP contribution is -2.55. The van der Waals surface area contributed by atoms with Gasteiger partial charge in [0.25, 0.3) is 5.91 Å². The lowest BCUT2D eigenvalue weighted by Gasteiger charge is -2.39. The Morgan fingerprint density at radius 2 is 2.17 bits per heavy atom. The number of thiophene rings is 1. The Kier molecular flexibility index (Phi) is 4.64. The third kappa shape index (κ3) is 2.85. The van der Waals surface area contributed by atoms with Gasteiger partial charge in [0.05, 0.1) is 0 Å². The SMILES string of the molecule is CCn1c(C(=O)N2CCN(C(=O)CCl)[C@H](C)C2)cc2ccsc21. The Hall–Kier alpha value is -1.53. The van der Waals surface area contributed by atoms with Gasteiger partial charge in [0.2, 0.25) is 5.91 Å². The summed E-state index contributed by atoms with van der Waals surface area (Å²) in [4.78, 5) is 29.5. The zero-order chi connectivity index (χ0) is 16.6. The molecule has 1 saturated heterocycles. The van der Waals surface area contributed by atoms with Crippen LogP contribution < -0.4 is 0 Å².